The molecule has 0 aliphatic rings. The zero-order chi connectivity index (χ0) is 14.1. The number of hydrogen-bond donors (Lipinski definition) is 1. The average molecular weight is 288 g/mol. The summed E-state index contributed by atoms with van der Waals surface area (Å²) < 4.78 is 1.48. The number of imidazole rings is 1. The number of aromatic nitrogens is 2. The van der Waals surface area contributed by atoms with Crippen LogP contribution in [0.5, 0.6) is 0 Å². The van der Waals surface area contributed by atoms with Crippen LogP contribution in [-0.4, -0.2) is 14.3 Å². The van der Waals surface area contributed by atoms with E-state index in [-0.39, 0.29) is 11.6 Å². The predicted molar refractivity (Wildman–Crippen MR) is 78.8 cm³/mol. The fourth-order valence-corrected chi connectivity index (χ4v) is 2.75. The van der Waals surface area contributed by atoms with Crippen molar-refractivity contribution in [1.29, 1.82) is 0 Å². The highest BCUT2D eigenvalue weighted by atomic mass is 32.1. The van der Waals surface area contributed by atoms with E-state index in [1.54, 1.807) is 11.6 Å². The molecular weight excluding hydrogens is 276 g/mol. The summed E-state index contributed by atoms with van der Waals surface area (Å²) >= 11 is 1.37. The molecule has 0 bridgehead atoms. The lowest BCUT2D eigenvalue weighted by molar-refractivity contribution is -0.389. The molecule has 1 N–H and O–H groups in total. The van der Waals surface area contributed by atoms with Gasteiger partial charge in [-0.2, -0.15) is 9.38 Å². The summed E-state index contributed by atoms with van der Waals surface area (Å²) in [7, 11) is 0. The Bertz CT molecular complexity index is 778. The molecular formula is C13H12N4O2S. The highest BCUT2D eigenvalue weighted by Crippen LogP contribution is 2.30. The van der Waals surface area contributed by atoms with E-state index in [0.717, 1.165) is 12.1 Å². The van der Waals surface area contributed by atoms with E-state index < -0.39 is 4.92 Å². The van der Waals surface area contributed by atoms with Gasteiger partial charge in [-0.15, -0.1) is 0 Å². The van der Waals surface area contributed by atoms with E-state index in [9.17, 15) is 10.1 Å². The molecule has 0 aliphatic heterocycles. The van der Waals surface area contributed by atoms with Crippen LogP contribution in [0.1, 0.15) is 12.5 Å². The number of aryl methyl sites for hydroxylation is 1. The summed E-state index contributed by atoms with van der Waals surface area (Å²) in [5, 5.41) is 16.0. The van der Waals surface area contributed by atoms with Crippen molar-refractivity contribution in [1.82, 2.24) is 9.38 Å². The van der Waals surface area contributed by atoms with Crippen LogP contribution >= 0.6 is 11.3 Å². The maximum Gasteiger partial charge on any atom is 0.373 e. The number of nitrogens with one attached hydrogen (secondary N) is 1. The molecule has 0 saturated heterocycles. The lowest BCUT2D eigenvalue weighted by Gasteiger charge is -2.05. The first-order valence-corrected chi connectivity index (χ1v) is 7.03. The summed E-state index contributed by atoms with van der Waals surface area (Å²) in [6, 6.07) is 7.78. The van der Waals surface area contributed by atoms with Crippen molar-refractivity contribution < 1.29 is 4.92 Å². The Morgan fingerprint density at radius 2 is 2.35 bits per heavy atom. The van der Waals surface area contributed by atoms with Gasteiger partial charge in [-0.25, -0.2) is 0 Å². The van der Waals surface area contributed by atoms with E-state index in [2.05, 4.69) is 17.2 Å². The smallest absolute Gasteiger partial charge is 0.358 e. The third kappa shape index (κ3) is 2.12. The molecule has 20 heavy (non-hydrogen) atoms. The van der Waals surface area contributed by atoms with Crippen LogP contribution in [-0.2, 0) is 6.42 Å². The third-order valence-corrected chi connectivity index (χ3v) is 3.76. The monoisotopic (exact) mass is 288 g/mol. The lowest BCUT2D eigenvalue weighted by Crippen LogP contribution is -1.98. The van der Waals surface area contributed by atoms with Crippen LogP contribution in [0.2, 0.25) is 0 Å². The molecule has 0 saturated carbocycles. The van der Waals surface area contributed by atoms with Gasteiger partial charge in [0.2, 0.25) is 5.82 Å². The minimum absolute atomic E-state index is 0.0387. The first-order valence-electron chi connectivity index (χ1n) is 6.15. The summed E-state index contributed by atoms with van der Waals surface area (Å²) in [6.07, 6.45) is 2.56. The topological polar surface area (TPSA) is 72.5 Å². The molecule has 0 atom stereocenters. The molecule has 0 unspecified atom stereocenters. The minimum atomic E-state index is -0.418. The van der Waals surface area contributed by atoms with Crippen molar-refractivity contribution in [2.24, 2.45) is 0 Å². The van der Waals surface area contributed by atoms with Gasteiger partial charge < -0.3 is 15.4 Å². The van der Waals surface area contributed by atoms with Gasteiger partial charge in [0.25, 0.3) is 4.96 Å². The molecule has 0 spiro atoms. The van der Waals surface area contributed by atoms with Gasteiger partial charge in [-0.3, -0.25) is 0 Å². The minimum Gasteiger partial charge on any atom is -0.358 e. The van der Waals surface area contributed by atoms with E-state index in [1.807, 2.05) is 24.3 Å². The predicted octanol–water partition coefficient (Wildman–Crippen LogP) is 3.61. The second-order valence-corrected chi connectivity index (χ2v) is 5.15. The van der Waals surface area contributed by atoms with Gasteiger partial charge in [0, 0.05) is 11.1 Å². The summed E-state index contributed by atoms with van der Waals surface area (Å²) in [5.74, 6) is 0.234. The Morgan fingerprint density at radius 3 is 3.10 bits per heavy atom. The van der Waals surface area contributed by atoms with Crippen LogP contribution in [0.4, 0.5) is 17.3 Å². The van der Waals surface area contributed by atoms with Crippen LogP contribution in [0.15, 0.2) is 35.8 Å². The fraction of sp³-hybridized carbons (Fsp3) is 0.154. The summed E-state index contributed by atoms with van der Waals surface area (Å²) in [6.45, 7) is 2.06. The van der Waals surface area contributed by atoms with Gasteiger partial charge in [0.1, 0.15) is 6.20 Å². The Kier molecular flexibility index (Phi) is 3.11. The molecule has 0 fully saturated rings. The summed E-state index contributed by atoms with van der Waals surface area (Å²) in [4.78, 5) is 15.7. The average Bonchev–Trinajstić information content (AvgIpc) is 2.98. The molecule has 0 amide bonds. The number of rotatable bonds is 4. The number of fused-ring (bicyclic) bond motifs is 1. The van der Waals surface area contributed by atoms with Crippen molar-refractivity contribution in [3.8, 4) is 0 Å². The van der Waals surface area contributed by atoms with E-state index >= 15 is 0 Å². The molecule has 2 heterocycles. The molecule has 0 radical (unpaired) electrons. The highest BCUT2D eigenvalue weighted by Gasteiger charge is 2.23. The molecule has 3 aromatic rings. The largest absolute Gasteiger partial charge is 0.373 e. The first-order chi connectivity index (χ1) is 9.69. The van der Waals surface area contributed by atoms with Crippen molar-refractivity contribution in [3.63, 3.8) is 0 Å². The molecule has 102 valence electrons. The Hall–Kier alpha value is -2.41. The van der Waals surface area contributed by atoms with Crippen LogP contribution < -0.4 is 5.32 Å². The van der Waals surface area contributed by atoms with Gasteiger partial charge in [0.15, 0.2) is 0 Å². The SMILES string of the molecule is CCc1cccc(Nc2nc3sccn3c2[N+](=O)[O-])c1. The van der Waals surface area contributed by atoms with E-state index in [4.69, 9.17) is 0 Å². The normalized spacial score (nSPS) is 10.8. The number of hydrogen-bond acceptors (Lipinski definition) is 5. The van der Waals surface area contributed by atoms with Crippen LogP contribution in [0.3, 0.4) is 0 Å². The fourth-order valence-electron chi connectivity index (χ4n) is 2.04. The van der Waals surface area contributed by atoms with E-state index in [0.29, 0.717) is 4.96 Å². The lowest BCUT2D eigenvalue weighted by atomic mass is 10.1. The van der Waals surface area contributed by atoms with Gasteiger partial charge in [-0.05, 0) is 29.0 Å². The molecule has 0 aliphatic carbocycles. The second-order valence-electron chi connectivity index (χ2n) is 4.28. The Labute approximate surface area is 118 Å². The van der Waals surface area contributed by atoms with Gasteiger partial charge in [-0.1, -0.05) is 30.4 Å². The maximum atomic E-state index is 11.2. The highest BCUT2D eigenvalue weighted by molar-refractivity contribution is 7.15. The number of benzene rings is 1. The molecule has 1 aromatic carbocycles. The summed E-state index contributed by atoms with van der Waals surface area (Å²) in [5.41, 5.74) is 1.97. The van der Waals surface area contributed by atoms with Crippen LogP contribution in [0.25, 0.3) is 4.96 Å². The molecule has 3 rings (SSSR count). The molecule has 7 heteroatoms. The quantitative estimate of drug-likeness (QED) is 0.588. The Balaban J connectivity index is 2.03. The molecule has 2 aromatic heterocycles. The second kappa shape index (κ2) is 4.93. The standard InChI is InChI=1S/C13H12N4O2S/c1-2-9-4-3-5-10(8-9)14-11-12(17(18)19)16-6-7-20-13(16)15-11/h3-8,14H,2H2,1H3. The zero-order valence-corrected chi connectivity index (χ0v) is 11.6. The number of nitro groups is 1. The third-order valence-electron chi connectivity index (χ3n) is 3.01. The van der Waals surface area contributed by atoms with Crippen molar-refractivity contribution in [2.45, 2.75) is 13.3 Å². The van der Waals surface area contributed by atoms with Gasteiger partial charge in [0.05, 0.1) is 0 Å². The van der Waals surface area contributed by atoms with Crippen molar-refractivity contribution >= 4 is 33.6 Å². The maximum absolute atomic E-state index is 11.2. The Morgan fingerprint density at radius 1 is 1.50 bits per heavy atom. The zero-order valence-electron chi connectivity index (χ0n) is 10.7. The van der Waals surface area contributed by atoms with Crippen molar-refractivity contribution in [3.05, 3.63) is 51.5 Å². The first kappa shape index (κ1) is 12.6. The number of anilines is 2. The van der Waals surface area contributed by atoms with Crippen molar-refractivity contribution in [2.75, 3.05) is 5.32 Å². The van der Waals surface area contributed by atoms with Gasteiger partial charge >= 0.3 is 5.82 Å². The molecule has 6 nitrogen and oxygen atoms in total. The van der Waals surface area contributed by atoms with E-state index in [1.165, 1.54) is 21.3 Å². The number of nitrogens with zero attached hydrogens (tertiary/aromatic N) is 3. The number of thiazole rings is 1. The van der Waals surface area contributed by atoms with Crippen LogP contribution in [0, 0.1) is 10.1 Å².